The van der Waals surface area contributed by atoms with Crippen LogP contribution in [0, 0.1) is 12.7 Å². The number of halogens is 1. The van der Waals surface area contributed by atoms with E-state index in [9.17, 15) is 4.39 Å². The number of hydrogen-bond acceptors (Lipinski definition) is 3. The number of nitrogens with zero attached hydrogens (tertiary/aromatic N) is 3. The molecule has 2 aromatic heterocycles. The van der Waals surface area contributed by atoms with Gasteiger partial charge < -0.3 is 9.47 Å². The minimum absolute atomic E-state index is 0.0120. The molecule has 0 atom stereocenters. The second-order valence-corrected chi connectivity index (χ2v) is 14.6. The van der Waals surface area contributed by atoms with Crippen molar-refractivity contribution in [2.45, 2.75) is 6.92 Å². The number of rotatable bonds is 2. The first-order valence-electron chi connectivity index (χ1n) is 17.1. The van der Waals surface area contributed by atoms with Crippen molar-refractivity contribution in [1.82, 2.24) is 4.57 Å². The van der Waals surface area contributed by atoms with Crippen LogP contribution in [0.2, 0.25) is 0 Å². The molecule has 0 spiro atoms. The first-order chi connectivity index (χ1) is 24.6. The molecule has 7 aromatic carbocycles. The Bertz CT molecular complexity index is 2870. The van der Waals surface area contributed by atoms with Crippen LogP contribution in [0.25, 0.3) is 41.8 Å². The number of fused-ring (bicyclic) bond motifs is 12. The Hall–Kier alpha value is -5.85. The third kappa shape index (κ3) is 3.63. The molecule has 9 aromatic rings. The third-order valence-corrected chi connectivity index (χ3v) is 12.1. The van der Waals surface area contributed by atoms with Gasteiger partial charge in [0.15, 0.2) is 0 Å². The van der Waals surface area contributed by atoms with Gasteiger partial charge in [0.2, 0.25) is 0 Å². The van der Waals surface area contributed by atoms with Crippen molar-refractivity contribution >= 4 is 111 Å². The van der Waals surface area contributed by atoms with Crippen molar-refractivity contribution in [1.29, 1.82) is 0 Å². The Morgan fingerprint density at radius 3 is 2.12 bits per heavy atom. The predicted molar refractivity (Wildman–Crippen MR) is 212 cm³/mol. The Morgan fingerprint density at radius 2 is 1.30 bits per heavy atom. The van der Waals surface area contributed by atoms with E-state index in [2.05, 4.69) is 144 Å². The number of hydrogen-bond donors (Lipinski definition) is 0. The average Bonchev–Trinajstić information content (AvgIpc) is 3.68. The summed E-state index contributed by atoms with van der Waals surface area (Å²) in [6.45, 7) is 2.12. The SMILES string of the molecule is Cc1ccc(N2c3cccc4c3B(c3ccc5c(sc6ccc7ccccc7c65)c3N4c3ccc(F)cc3)c3c2n(C)c2ccccc32)cc1. The van der Waals surface area contributed by atoms with Crippen LogP contribution in [0.4, 0.5) is 38.6 Å². The van der Waals surface area contributed by atoms with E-state index in [1.807, 2.05) is 23.5 Å². The number of aromatic nitrogens is 1. The quantitative estimate of drug-likeness (QED) is 0.171. The highest BCUT2D eigenvalue weighted by Crippen LogP contribution is 2.50. The van der Waals surface area contributed by atoms with Gasteiger partial charge in [0, 0.05) is 50.8 Å². The summed E-state index contributed by atoms with van der Waals surface area (Å²) in [6.07, 6.45) is 0. The molecule has 0 N–H and O–H groups in total. The second-order valence-electron chi connectivity index (χ2n) is 13.6. The van der Waals surface area contributed by atoms with Gasteiger partial charge in [0.05, 0.1) is 10.4 Å². The summed E-state index contributed by atoms with van der Waals surface area (Å²) in [5, 5.41) is 6.32. The molecular formula is C44H29BFN3S. The lowest BCUT2D eigenvalue weighted by molar-refractivity contribution is 0.628. The van der Waals surface area contributed by atoms with Crippen LogP contribution in [0.5, 0.6) is 0 Å². The largest absolute Gasteiger partial charge is 0.330 e. The minimum atomic E-state index is -0.239. The summed E-state index contributed by atoms with van der Waals surface area (Å²) in [5.41, 5.74) is 11.8. The van der Waals surface area contributed by atoms with Gasteiger partial charge in [-0.2, -0.15) is 0 Å². The highest BCUT2D eigenvalue weighted by atomic mass is 32.1. The van der Waals surface area contributed by atoms with E-state index in [0.717, 1.165) is 22.7 Å². The summed E-state index contributed by atoms with van der Waals surface area (Å²) >= 11 is 1.86. The zero-order valence-electron chi connectivity index (χ0n) is 27.5. The molecule has 0 bridgehead atoms. The molecule has 0 amide bonds. The maximum absolute atomic E-state index is 14.5. The number of para-hydroxylation sites is 1. The van der Waals surface area contributed by atoms with Crippen LogP contribution in [-0.4, -0.2) is 11.3 Å². The van der Waals surface area contributed by atoms with E-state index < -0.39 is 0 Å². The van der Waals surface area contributed by atoms with Gasteiger partial charge >= 0.3 is 0 Å². The highest BCUT2D eigenvalue weighted by Gasteiger charge is 2.46. The normalized spacial score (nSPS) is 13.4. The number of benzene rings is 7. The number of anilines is 6. The Morgan fingerprint density at radius 1 is 0.600 bits per heavy atom. The maximum atomic E-state index is 14.5. The zero-order chi connectivity index (χ0) is 33.2. The van der Waals surface area contributed by atoms with Crippen LogP contribution in [0.3, 0.4) is 0 Å². The lowest BCUT2D eigenvalue weighted by Gasteiger charge is -2.43. The van der Waals surface area contributed by atoms with Crippen molar-refractivity contribution in [2.75, 3.05) is 9.80 Å². The zero-order valence-corrected chi connectivity index (χ0v) is 28.3. The van der Waals surface area contributed by atoms with Crippen molar-refractivity contribution < 1.29 is 4.39 Å². The molecule has 0 saturated carbocycles. The summed E-state index contributed by atoms with van der Waals surface area (Å²) < 4.78 is 19.4. The molecule has 50 heavy (non-hydrogen) atoms. The Labute approximate surface area is 293 Å². The molecule has 0 unspecified atom stereocenters. The van der Waals surface area contributed by atoms with E-state index in [-0.39, 0.29) is 12.5 Å². The molecule has 0 saturated heterocycles. The summed E-state index contributed by atoms with van der Waals surface area (Å²) in [5.74, 6) is 0.949. The second kappa shape index (κ2) is 10.1. The van der Waals surface area contributed by atoms with E-state index in [1.165, 1.54) is 75.3 Å². The van der Waals surface area contributed by atoms with Gasteiger partial charge in [-0.3, -0.25) is 4.90 Å². The molecule has 0 aliphatic carbocycles. The monoisotopic (exact) mass is 661 g/mol. The predicted octanol–water partition coefficient (Wildman–Crippen LogP) is 10.2. The summed E-state index contributed by atoms with van der Waals surface area (Å²) in [7, 11) is 2.20. The Balaban J connectivity index is 1.31. The van der Waals surface area contributed by atoms with E-state index in [4.69, 9.17) is 0 Å². The topological polar surface area (TPSA) is 11.4 Å². The number of aryl methyl sites for hydroxylation is 2. The van der Waals surface area contributed by atoms with Gasteiger partial charge in [-0.05, 0) is 100 Å². The van der Waals surface area contributed by atoms with Crippen LogP contribution in [0.15, 0.2) is 140 Å². The fourth-order valence-electron chi connectivity index (χ4n) is 8.77. The smallest absolute Gasteiger partial charge is 0.255 e. The maximum Gasteiger partial charge on any atom is 0.255 e. The lowest BCUT2D eigenvalue weighted by Crippen LogP contribution is -2.61. The van der Waals surface area contributed by atoms with E-state index in [0.29, 0.717) is 0 Å². The molecule has 0 fully saturated rings. The van der Waals surface area contributed by atoms with Gasteiger partial charge in [-0.15, -0.1) is 11.3 Å². The summed E-state index contributed by atoms with van der Waals surface area (Å²) in [4.78, 5) is 4.84. The van der Waals surface area contributed by atoms with Crippen LogP contribution < -0.4 is 26.2 Å². The highest BCUT2D eigenvalue weighted by molar-refractivity contribution is 7.27. The molecule has 4 heterocycles. The van der Waals surface area contributed by atoms with Crippen molar-refractivity contribution in [3.63, 3.8) is 0 Å². The molecule has 6 heteroatoms. The molecule has 2 aliphatic rings. The molecule has 236 valence electrons. The van der Waals surface area contributed by atoms with Gasteiger partial charge in [-0.1, -0.05) is 84.4 Å². The van der Waals surface area contributed by atoms with E-state index >= 15 is 0 Å². The minimum Gasteiger partial charge on any atom is -0.330 e. The van der Waals surface area contributed by atoms with Gasteiger partial charge in [-0.25, -0.2) is 4.39 Å². The average molecular weight is 662 g/mol. The van der Waals surface area contributed by atoms with Crippen LogP contribution >= 0.6 is 11.3 Å². The number of thiophene rings is 1. The molecular weight excluding hydrogens is 632 g/mol. The van der Waals surface area contributed by atoms with Crippen molar-refractivity contribution in [3.05, 3.63) is 151 Å². The van der Waals surface area contributed by atoms with Gasteiger partial charge in [0.25, 0.3) is 6.71 Å². The standard InChI is InChI=1S/C44H29BFN3S/c1-26-14-19-30(20-15-26)49-37-13-7-12-36-41(37)45(40-32-10-5-6-11-35(32)47(2)44(40)49)34-24-23-33-39-31-9-4-3-8-27(31)16-25-38(39)50-43(33)42(34)48(36)29-21-17-28(46)18-22-29/h3-25H,1-2H3. The third-order valence-electron chi connectivity index (χ3n) is 10.9. The molecule has 11 rings (SSSR count). The van der Waals surface area contributed by atoms with Crippen LogP contribution in [0.1, 0.15) is 5.56 Å². The first-order valence-corrected chi connectivity index (χ1v) is 17.9. The lowest BCUT2D eigenvalue weighted by atomic mass is 9.33. The summed E-state index contributed by atoms with van der Waals surface area (Å²) in [6, 6.07) is 49.3. The molecule has 2 aliphatic heterocycles. The fourth-order valence-corrected chi connectivity index (χ4v) is 10.0. The molecule has 0 radical (unpaired) electrons. The first kappa shape index (κ1) is 28.0. The molecule has 3 nitrogen and oxygen atoms in total. The van der Waals surface area contributed by atoms with Gasteiger partial charge in [0.1, 0.15) is 11.6 Å². The van der Waals surface area contributed by atoms with Crippen molar-refractivity contribution in [3.8, 4) is 0 Å². The fraction of sp³-hybridized carbons (Fsp3) is 0.0455. The van der Waals surface area contributed by atoms with E-state index in [1.54, 1.807) is 12.1 Å². The van der Waals surface area contributed by atoms with Crippen LogP contribution in [-0.2, 0) is 7.05 Å². The Kier molecular flexibility index (Phi) is 5.66. The van der Waals surface area contributed by atoms with Crippen molar-refractivity contribution in [2.24, 2.45) is 7.05 Å².